The Kier molecular flexibility index (Phi) is 4.04. The highest BCUT2D eigenvalue weighted by atomic mass is 16.1. The van der Waals surface area contributed by atoms with Crippen LogP contribution in [0.4, 0.5) is 0 Å². The third kappa shape index (κ3) is 3.59. The normalized spacial score (nSPS) is 28.0. The van der Waals surface area contributed by atoms with E-state index in [0.29, 0.717) is 6.42 Å². The monoisotopic (exact) mass is 249 g/mol. The van der Waals surface area contributed by atoms with Crippen LogP contribution in [0.1, 0.15) is 51.6 Å². The molecular weight excluding hydrogens is 226 g/mol. The molecule has 0 atom stereocenters. The van der Waals surface area contributed by atoms with E-state index in [4.69, 9.17) is 0 Å². The van der Waals surface area contributed by atoms with Gasteiger partial charge in [0.1, 0.15) is 0 Å². The lowest BCUT2D eigenvalue weighted by molar-refractivity contribution is -0.123. The maximum absolute atomic E-state index is 11.9. The summed E-state index contributed by atoms with van der Waals surface area (Å²) in [5.74, 6) is 0.960. The second-order valence-corrected chi connectivity index (χ2v) is 5.87. The fourth-order valence-corrected chi connectivity index (χ4v) is 2.59. The summed E-state index contributed by atoms with van der Waals surface area (Å²) in [5.41, 5.74) is 1.03. The van der Waals surface area contributed by atoms with E-state index in [0.717, 1.165) is 30.9 Å². The fourth-order valence-electron chi connectivity index (χ4n) is 2.59. The van der Waals surface area contributed by atoms with Crippen LogP contribution in [0.5, 0.6) is 0 Å². The zero-order valence-electron chi connectivity index (χ0n) is 11.3. The number of carbonyl (C=O) groups is 1. The van der Waals surface area contributed by atoms with Crippen molar-refractivity contribution in [3.05, 3.63) is 18.2 Å². The van der Waals surface area contributed by atoms with Crippen LogP contribution in [-0.2, 0) is 11.2 Å². The maximum Gasteiger partial charge on any atom is 0.220 e. The quantitative estimate of drug-likeness (QED) is 0.861. The zero-order valence-corrected chi connectivity index (χ0v) is 11.3. The van der Waals surface area contributed by atoms with E-state index in [1.165, 1.54) is 12.8 Å². The summed E-state index contributed by atoms with van der Waals surface area (Å²) in [5, 5.41) is 3.20. The average molecular weight is 249 g/mol. The molecule has 0 unspecified atom stereocenters. The molecule has 1 aromatic heterocycles. The van der Waals surface area contributed by atoms with Crippen molar-refractivity contribution >= 4 is 5.91 Å². The zero-order chi connectivity index (χ0) is 13.0. The van der Waals surface area contributed by atoms with Gasteiger partial charge in [0.15, 0.2) is 0 Å². The van der Waals surface area contributed by atoms with Crippen molar-refractivity contribution in [1.82, 2.24) is 15.3 Å². The van der Waals surface area contributed by atoms with Crippen molar-refractivity contribution in [2.45, 2.75) is 57.9 Å². The van der Waals surface area contributed by atoms with Gasteiger partial charge in [-0.3, -0.25) is 4.79 Å². The Morgan fingerprint density at radius 2 is 2.28 bits per heavy atom. The van der Waals surface area contributed by atoms with Gasteiger partial charge in [-0.2, -0.15) is 0 Å². The van der Waals surface area contributed by atoms with Gasteiger partial charge in [-0.25, -0.2) is 4.98 Å². The summed E-state index contributed by atoms with van der Waals surface area (Å²) in [4.78, 5) is 18.9. The van der Waals surface area contributed by atoms with Crippen LogP contribution in [-0.4, -0.2) is 21.4 Å². The Balaban J connectivity index is 1.76. The van der Waals surface area contributed by atoms with Gasteiger partial charge in [-0.1, -0.05) is 6.92 Å². The second kappa shape index (κ2) is 5.55. The number of carbonyl (C=O) groups excluding carboxylic acids is 1. The third-order valence-corrected chi connectivity index (χ3v) is 4.00. The lowest BCUT2D eigenvalue weighted by Gasteiger charge is -2.37. The summed E-state index contributed by atoms with van der Waals surface area (Å²) < 4.78 is 0. The molecule has 0 spiro atoms. The minimum Gasteiger partial charge on any atom is -0.351 e. The molecule has 1 heterocycles. The summed E-state index contributed by atoms with van der Waals surface area (Å²) in [7, 11) is 0. The predicted octanol–water partition coefficient (Wildman–Crippen LogP) is 2.43. The number of hydrogen-bond acceptors (Lipinski definition) is 2. The molecule has 1 fully saturated rings. The Hall–Kier alpha value is -1.32. The predicted molar refractivity (Wildman–Crippen MR) is 71.1 cm³/mol. The summed E-state index contributed by atoms with van der Waals surface area (Å²) in [6, 6.07) is 0. The van der Waals surface area contributed by atoms with Crippen molar-refractivity contribution in [3.8, 4) is 0 Å². The molecule has 4 nitrogen and oxygen atoms in total. The van der Waals surface area contributed by atoms with Gasteiger partial charge in [0.2, 0.25) is 5.91 Å². The van der Waals surface area contributed by atoms with Crippen molar-refractivity contribution in [2.75, 3.05) is 0 Å². The summed E-state index contributed by atoms with van der Waals surface area (Å²) in [6.45, 7) is 4.46. The second-order valence-electron chi connectivity index (χ2n) is 5.87. The number of H-pyrrole nitrogens is 1. The molecule has 4 heteroatoms. The molecule has 1 aliphatic carbocycles. The lowest BCUT2D eigenvalue weighted by atomic mass is 9.78. The molecule has 100 valence electrons. The van der Waals surface area contributed by atoms with Crippen molar-refractivity contribution in [2.24, 2.45) is 5.92 Å². The van der Waals surface area contributed by atoms with Crippen molar-refractivity contribution < 1.29 is 4.79 Å². The Morgan fingerprint density at radius 1 is 1.56 bits per heavy atom. The number of nitrogens with one attached hydrogen (secondary N) is 2. The standard InChI is InChI=1S/C14H23N3O/c1-11-5-7-14(2,8-6-11)17-13(18)4-3-12-9-15-10-16-12/h9-11H,3-8H2,1-2H3,(H,15,16)(H,17,18). The topological polar surface area (TPSA) is 57.8 Å². The molecule has 0 aliphatic heterocycles. The Labute approximate surface area is 109 Å². The molecule has 1 aromatic rings. The van der Waals surface area contributed by atoms with Gasteiger partial charge in [0, 0.05) is 23.9 Å². The molecule has 2 rings (SSSR count). The van der Waals surface area contributed by atoms with Crippen LogP contribution in [0.2, 0.25) is 0 Å². The fraction of sp³-hybridized carbons (Fsp3) is 0.714. The first-order valence-electron chi connectivity index (χ1n) is 6.86. The highest BCUT2D eigenvalue weighted by Gasteiger charge is 2.30. The number of imidazole rings is 1. The first-order chi connectivity index (χ1) is 8.57. The molecule has 1 saturated carbocycles. The smallest absolute Gasteiger partial charge is 0.220 e. The minimum absolute atomic E-state index is 0.0115. The van der Waals surface area contributed by atoms with Crippen LogP contribution in [0.25, 0.3) is 0 Å². The molecule has 0 bridgehead atoms. The van der Waals surface area contributed by atoms with Crippen molar-refractivity contribution in [1.29, 1.82) is 0 Å². The van der Waals surface area contributed by atoms with E-state index < -0.39 is 0 Å². The van der Waals surface area contributed by atoms with E-state index >= 15 is 0 Å². The summed E-state index contributed by atoms with van der Waals surface area (Å²) >= 11 is 0. The van der Waals surface area contributed by atoms with Gasteiger partial charge in [0.25, 0.3) is 0 Å². The third-order valence-electron chi connectivity index (χ3n) is 4.00. The van der Waals surface area contributed by atoms with E-state index in [-0.39, 0.29) is 11.4 Å². The van der Waals surface area contributed by atoms with Crippen molar-refractivity contribution in [3.63, 3.8) is 0 Å². The number of nitrogens with zero attached hydrogens (tertiary/aromatic N) is 1. The van der Waals surface area contributed by atoms with Gasteiger partial charge in [-0.05, 0) is 44.9 Å². The largest absolute Gasteiger partial charge is 0.351 e. The van der Waals surface area contributed by atoms with E-state index in [1.54, 1.807) is 12.5 Å². The Morgan fingerprint density at radius 3 is 2.89 bits per heavy atom. The SMILES string of the molecule is CC1CCC(C)(NC(=O)CCc2cnc[nH]2)CC1. The van der Waals surface area contributed by atoms with Gasteiger partial charge in [-0.15, -0.1) is 0 Å². The number of amides is 1. The maximum atomic E-state index is 11.9. The average Bonchev–Trinajstić information content (AvgIpc) is 2.84. The Bertz CT molecular complexity index is 378. The van der Waals surface area contributed by atoms with Crippen LogP contribution in [0.3, 0.4) is 0 Å². The van der Waals surface area contributed by atoms with Crippen LogP contribution >= 0.6 is 0 Å². The molecule has 2 N–H and O–H groups in total. The molecular formula is C14H23N3O. The highest BCUT2D eigenvalue weighted by molar-refractivity contribution is 5.76. The number of aromatic amines is 1. The molecule has 18 heavy (non-hydrogen) atoms. The van der Waals surface area contributed by atoms with Crippen LogP contribution in [0.15, 0.2) is 12.5 Å². The first kappa shape index (κ1) is 13.1. The number of hydrogen-bond donors (Lipinski definition) is 2. The van der Waals surface area contributed by atoms with E-state index in [1.807, 2.05) is 0 Å². The lowest BCUT2D eigenvalue weighted by Crippen LogP contribution is -2.48. The molecule has 1 amide bonds. The van der Waals surface area contributed by atoms with E-state index in [2.05, 4.69) is 29.1 Å². The first-order valence-corrected chi connectivity index (χ1v) is 6.86. The minimum atomic E-state index is 0.0115. The van der Waals surface area contributed by atoms with Crippen LogP contribution < -0.4 is 5.32 Å². The van der Waals surface area contributed by atoms with E-state index in [9.17, 15) is 4.79 Å². The van der Waals surface area contributed by atoms with Gasteiger partial charge >= 0.3 is 0 Å². The molecule has 0 radical (unpaired) electrons. The summed E-state index contributed by atoms with van der Waals surface area (Å²) in [6.07, 6.45) is 9.34. The molecule has 1 aliphatic rings. The van der Waals surface area contributed by atoms with Gasteiger partial charge < -0.3 is 10.3 Å². The highest BCUT2D eigenvalue weighted by Crippen LogP contribution is 2.31. The number of aryl methyl sites for hydroxylation is 1. The number of rotatable bonds is 4. The van der Waals surface area contributed by atoms with Crippen LogP contribution in [0, 0.1) is 5.92 Å². The van der Waals surface area contributed by atoms with Gasteiger partial charge in [0.05, 0.1) is 6.33 Å². The number of aromatic nitrogens is 2. The molecule has 0 aromatic carbocycles. The molecule has 0 saturated heterocycles.